The number of amides is 1. The van der Waals surface area contributed by atoms with Gasteiger partial charge in [-0.25, -0.2) is 0 Å². The predicted molar refractivity (Wildman–Crippen MR) is 73.6 cm³/mol. The molecule has 1 amide bonds. The first-order chi connectivity index (χ1) is 8.56. The molecule has 1 fully saturated rings. The summed E-state index contributed by atoms with van der Waals surface area (Å²) >= 11 is 6.25. The van der Waals surface area contributed by atoms with Crippen LogP contribution in [0.5, 0.6) is 0 Å². The van der Waals surface area contributed by atoms with Crippen LogP contribution in [0.25, 0.3) is 0 Å². The molecule has 18 heavy (non-hydrogen) atoms. The van der Waals surface area contributed by atoms with E-state index in [2.05, 4.69) is 6.92 Å². The second-order valence-corrected chi connectivity index (χ2v) is 5.24. The zero-order valence-electron chi connectivity index (χ0n) is 10.8. The summed E-state index contributed by atoms with van der Waals surface area (Å²) in [5.41, 5.74) is 7.04. The van der Waals surface area contributed by atoms with Gasteiger partial charge in [-0.15, -0.1) is 0 Å². The van der Waals surface area contributed by atoms with Crippen LogP contribution in [-0.4, -0.2) is 29.4 Å². The molecule has 0 spiro atoms. The van der Waals surface area contributed by atoms with Crippen molar-refractivity contribution in [1.82, 2.24) is 4.90 Å². The molecule has 0 bridgehead atoms. The molecule has 1 saturated heterocycles. The Morgan fingerprint density at radius 2 is 2.11 bits per heavy atom. The molecule has 2 rings (SSSR count). The van der Waals surface area contributed by atoms with E-state index >= 15 is 0 Å². The lowest BCUT2D eigenvalue weighted by Gasteiger charge is -2.41. The molecule has 0 aliphatic carbocycles. The second kappa shape index (κ2) is 5.29. The molecule has 2 N–H and O–H groups in total. The fraction of sp³-hybridized carbons (Fsp3) is 0.500. The minimum absolute atomic E-state index is 0.0494. The molecule has 0 aromatic heterocycles. The molecule has 0 radical (unpaired) electrons. The monoisotopic (exact) mass is 266 g/mol. The van der Waals surface area contributed by atoms with Crippen molar-refractivity contribution in [3.63, 3.8) is 0 Å². The van der Waals surface area contributed by atoms with Gasteiger partial charge in [-0.2, -0.15) is 0 Å². The molecule has 1 aliphatic heterocycles. The Kier molecular flexibility index (Phi) is 3.93. The molecule has 98 valence electrons. The molecule has 3 atom stereocenters. The molecule has 1 aliphatic rings. The van der Waals surface area contributed by atoms with Crippen LogP contribution in [0.15, 0.2) is 24.3 Å². The van der Waals surface area contributed by atoms with E-state index in [0.29, 0.717) is 13.0 Å². The lowest BCUT2D eigenvalue weighted by Crippen LogP contribution is -2.55. The largest absolute Gasteiger partial charge is 0.338 e. The van der Waals surface area contributed by atoms with Gasteiger partial charge in [-0.05, 0) is 31.9 Å². The number of nitrogens with two attached hydrogens (primary N) is 1. The number of carbonyl (C=O) groups excluding carboxylic acids is 1. The van der Waals surface area contributed by atoms with Crippen molar-refractivity contribution in [1.29, 1.82) is 0 Å². The maximum atomic E-state index is 12.0. The number of hydrogen-bond donors (Lipinski definition) is 1. The average molecular weight is 267 g/mol. The van der Waals surface area contributed by atoms with Crippen LogP contribution in [0, 0.1) is 0 Å². The topological polar surface area (TPSA) is 46.3 Å². The maximum Gasteiger partial charge on any atom is 0.239 e. The molecular formula is C14H19ClN2O. The highest BCUT2D eigenvalue weighted by Gasteiger charge is 2.38. The number of hydrogen-bond acceptors (Lipinski definition) is 2. The first-order valence-electron chi connectivity index (χ1n) is 6.36. The van der Waals surface area contributed by atoms with Crippen molar-refractivity contribution in [3.05, 3.63) is 34.9 Å². The number of carbonyl (C=O) groups is 1. The normalized spacial score (nSPS) is 28.6. The van der Waals surface area contributed by atoms with E-state index in [9.17, 15) is 4.79 Å². The molecule has 1 aromatic rings. The zero-order chi connectivity index (χ0) is 13.3. The number of likely N-dealkylation sites (N-methyl/N-ethyl adjacent to an activating group) is 1. The summed E-state index contributed by atoms with van der Waals surface area (Å²) in [4.78, 5) is 13.8. The quantitative estimate of drug-likeness (QED) is 0.893. The van der Waals surface area contributed by atoms with Gasteiger partial charge in [0.1, 0.15) is 0 Å². The van der Waals surface area contributed by atoms with Crippen molar-refractivity contribution >= 4 is 17.5 Å². The smallest absolute Gasteiger partial charge is 0.239 e. The fourth-order valence-corrected chi connectivity index (χ4v) is 3.08. The SMILES string of the molecule is CCN1C(=O)[C@@H](N)C[C@@H](c2ccccc2Cl)[C@H]1C. The van der Waals surface area contributed by atoms with Gasteiger partial charge in [-0.1, -0.05) is 29.8 Å². The van der Waals surface area contributed by atoms with Gasteiger partial charge in [0.2, 0.25) is 5.91 Å². The van der Waals surface area contributed by atoms with Crippen molar-refractivity contribution in [2.45, 2.75) is 38.3 Å². The summed E-state index contributed by atoms with van der Waals surface area (Å²) in [6.45, 7) is 4.74. The van der Waals surface area contributed by atoms with Crippen molar-refractivity contribution in [3.8, 4) is 0 Å². The number of piperidine rings is 1. The van der Waals surface area contributed by atoms with Crippen LogP contribution in [0.1, 0.15) is 31.7 Å². The van der Waals surface area contributed by atoms with E-state index in [1.165, 1.54) is 0 Å². The van der Waals surface area contributed by atoms with Crippen LogP contribution in [0.3, 0.4) is 0 Å². The van der Waals surface area contributed by atoms with E-state index in [1.807, 2.05) is 36.1 Å². The van der Waals surface area contributed by atoms with E-state index < -0.39 is 6.04 Å². The highest BCUT2D eigenvalue weighted by molar-refractivity contribution is 6.31. The summed E-state index contributed by atoms with van der Waals surface area (Å²) in [5, 5.41) is 0.756. The molecule has 1 heterocycles. The van der Waals surface area contributed by atoms with E-state index in [-0.39, 0.29) is 17.9 Å². The van der Waals surface area contributed by atoms with Crippen LogP contribution in [-0.2, 0) is 4.79 Å². The first kappa shape index (κ1) is 13.4. The number of nitrogens with zero attached hydrogens (tertiary/aromatic N) is 1. The van der Waals surface area contributed by atoms with Gasteiger partial charge in [0, 0.05) is 23.5 Å². The second-order valence-electron chi connectivity index (χ2n) is 4.84. The Hall–Kier alpha value is -1.06. The van der Waals surface area contributed by atoms with E-state index in [0.717, 1.165) is 10.6 Å². The summed E-state index contributed by atoms with van der Waals surface area (Å²) in [6.07, 6.45) is 0.667. The van der Waals surface area contributed by atoms with Crippen molar-refractivity contribution in [2.24, 2.45) is 5.73 Å². The number of rotatable bonds is 2. The Balaban J connectivity index is 2.34. The van der Waals surface area contributed by atoms with E-state index in [1.54, 1.807) is 0 Å². The maximum absolute atomic E-state index is 12.0. The first-order valence-corrected chi connectivity index (χ1v) is 6.74. The van der Waals surface area contributed by atoms with Gasteiger partial charge < -0.3 is 10.6 Å². The lowest BCUT2D eigenvalue weighted by atomic mass is 9.82. The molecular weight excluding hydrogens is 248 g/mol. The average Bonchev–Trinajstić information content (AvgIpc) is 2.36. The minimum Gasteiger partial charge on any atom is -0.338 e. The fourth-order valence-electron chi connectivity index (χ4n) is 2.81. The zero-order valence-corrected chi connectivity index (χ0v) is 11.5. The Bertz CT molecular complexity index is 449. The molecule has 1 aromatic carbocycles. The highest BCUT2D eigenvalue weighted by Crippen LogP contribution is 2.35. The third-order valence-electron chi connectivity index (χ3n) is 3.83. The summed E-state index contributed by atoms with van der Waals surface area (Å²) in [7, 11) is 0. The van der Waals surface area contributed by atoms with Gasteiger partial charge in [0.15, 0.2) is 0 Å². The minimum atomic E-state index is -0.414. The predicted octanol–water partition coefficient (Wildman–Crippen LogP) is 2.39. The molecule has 4 heteroatoms. The number of benzene rings is 1. The highest BCUT2D eigenvalue weighted by atomic mass is 35.5. The van der Waals surface area contributed by atoms with Gasteiger partial charge in [0.25, 0.3) is 0 Å². The van der Waals surface area contributed by atoms with Crippen LogP contribution in [0.4, 0.5) is 0 Å². The Morgan fingerprint density at radius 1 is 1.44 bits per heavy atom. The van der Waals surface area contributed by atoms with Gasteiger partial charge in [-0.3, -0.25) is 4.79 Å². The van der Waals surface area contributed by atoms with Gasteiger partial charge in [0.05, 0.1) is 6.04 Å². The Morgan fingerprint density at radius 3 is 2.72 bits per heavy atom. The summed E-state index contributed by atoms with van der Waals surface area (Å²) in [5.74, 6) is 0.264. The summed E-state index contributed by atoms with van der Waals surface area (Å²) < 4.78 is 0. The lowest BCUT2D eigenvalue weighted by molar-refractivity contribution is -0.138. The van der Waals surface area contributed by atoms with Crippen LogP contribution in [0.2, 0.25) is 5.02 Å². The van der Waals surface area contributed by atoms with Gasteiger partial charge >= 0.3 is 0 Å². The van der Waals surface area contributed by atoms with Crippen LogP contribution < -0.4 is 5.73 Å². The van der Waals surface area contributed by atoms with Crippen molar-refractivity contribution < 1.29 is 4.79 Å². The third-order valence-corrected chi connectivity index (χ3v) is 4.17. The molecule has 3 nitrogen and oxygen atoms in total. The number of likely N-dealkylation sites (tertiary alicyclic amines) is 1. The van der Waals surface area contributed by atoms with Crippen LogP contribution >= 0.6 is 11.6 Å². The Labute approximate surface area is 113 Å². The standard InChI is InChI=1S/C14H19ClN2O/c1-3-17-9(2)11(8-13(16)14(17)18)10-6-4-5-7-12(10)15/h4-7,9,11,13H,3,8,16H2,1-2H3/t9-,11-,13+/m1/s1. The van der Waals surface area contributed by atoms with Crippen molar-refractivity contribution in [2.75, 3.05) is 6.54 Å². The third kappa shape index (κ3) is 2.25. The van der Waals surface area contributed by atoms with E-state index in [4.69, 9.17) is 17.3 Å². The molecule has 0 saturated carbocycles. The number of halogens is 1. The molecule has 0 unspecified atom stereocenters. The summed E-state index contributed by atoms with van der Waals surface area (Å²) in [6, 6.07) is 7.54.